The summed E-state index contributed by atoms with van der Waals surface area (Å²) in [5.74, 6) is -0.197. The second-order valence-corrected chi connectivity index (χ2v) is 2.83. The summed E-state index contributed by atoms with van der Waals surface area (Å²) in [6.07, 6.45) is 0. The van der Waals surface area contributed by atoms with E-state index in [9.17, 15) is 9.90 Å². The first-order valence-corrected chi connectivity index (χ1v) is 3.81. The van der Waals surface area contributed by atoms with Gasteiger partial charge in [-0.05, 0) is 31.5 Å². The number of hydrogen-bond donors (Lipinski definition) is 1. The average molecular weight is 175 g/mol. The van der Waals surface area contributed by atoms with Crippen molar-refractivity contribution >= 4 is 5.78 Å². The van der Waals surface area contributed by atoms with Crippen LogP contribution in [0.3, 0.4) is 0 Å². The minimum atomic E-state index is -0.148. The van der Waals surface area contributed by atoms with Gasteiger partial charge in [-0.3, -0.25) is 4.79 Å². The molecule has 0 atom stereocenters. The molecule has 1 aromatic rings. The zero-order valence-electron chi connectivity index (χ0n) is 7.46. The van der Waals surface area contributed by atoms with Gasteiger partial charge in [-0.2, -0.15) is 5.26 Å². The van der Waals surface area contributed by atoms with Crippen molar-refractivity contribution in [3.63, 3.8) is 0 Å². The molecule has 0 amide bonds. The fourth-order valence-corrected chi connectivity index (χ4v) is 1.18. The van der Waals surface area contributed by atoms with E-state index < -0.39 is 0 Å². The lowest BCUT2D eigenvalue weighted by atomic mass is 10.00. The minimum absolute atomic E-state index is 0.0487. The Hall–Kier alpha value is -1.82. The van der Waals surface area contributed by atoms with Crippen molar-refractivity contribution in [3.05, 3.63) is 28.8 Å². The van der Waals surface area contributed by atoms with E-state index in [0.717, 1.165) is 0 Å². The molecule has 1 rings (SSSR count). The number of nitrogens with zero attached hydrogens (tertiary/aromatic N) is 1. The van der Waals surface area contributed by atoms with Gasteiger partial charge >= 0.3 is 0 Å². The molecule has 0 aliphatic heterocycles. The predicted molar refractivity (Wildman–Crippen MR) is 47.6 cm³/mol. The van der Waals surface area contributed by atoms with Gasteiger partial charge in [-0.1, -0.05) is 0 Å². The van der Waals surface area contributed by atoms with Gasteiger partial charge in [0, 0.05) is 5.56 Å². The number of phenols is 1. The Morgan fingerprint density at radius 2 is 2.15 bits per heavy atom. The van der Waals surface area contributed by atoms with Crippen molar-refractivity contribution in [2.45, 2.75) is 13.8 Å². The molecule has 0 heterocycles. The standard InChI is InChI=1S/C10H9NO2/c1-6-8(5-11)3-9(13)4-10(6)7(2)12/h3-4,13H,1-2H3. The quantitative estimate of drug-likeness (QED) is 0.661. The highest BCUT2D eigenvalue weighted by Gasteiger charge is 2.09. The number of ketones is 1. The number of rotatable bonds is 1. The second kappa shape index (κ2) is 3.28. The molecule has 0 bridgehead atoms. The zero-order chi connectivity index (χ0) is 10.0. The van der Waals surface area contributed by atoms with E-state index in [1.165, 1.54) is 19.1 Å². The molecule has 0 saturated heterocycles. The minimum Gasteiger partial charge on any atom is -0.508 e. The summed E-state index contributed by atoms with van der Waals surface area (Å²) in [6, 6.07) is 4.64. The molecule has 0 aliphatic rings. The highest BCUT2D eigenvalue weighted by Crippen LogP contribution is 2.20. The fraction of sp³-hybridized carbons (Fsp3) is 0.200. The van der Waals surface area contributed by atoms with Crippen LogP contribution in [-0.2, 0) is 0 Å². The van der Waals surface area contributed by atoms with Gasteiger partial charge in [-0.25, -0.2) is 0 Å². The summed E-state index contributed by atoms with van der Waals surface area (Å²) in [4.78, 5) is 11.1. The van der Waals surface area contributed by atoms with Crippen LogP contribution < -0.4 is 0 Å². The number of nitriles is 1. The molecule has 1 aromatic carbocycles. The van der Waals surface area contributed by atoms with Crippen molar-refractivity contribution in [3.8, 4) is 11.8 Å². The molecule has 0 unspecified atom stereocenters. The topological polar surface area (TPSA) is 61.1 Å². The van der Waals surface area contributed by atoms with Crippen LogP contribution in [0.15, 0.2) is 12.1 Å². The monoisotopic (exact) mass is 175 g/mol. The summed E-state index contributed by atoms with van der Waals surface area (Å²) >= 11 is 0. The maximum atomic E-state index is 11.1. The molecule has 13 heavy (non-hydrogen) atoms. The normalized spacial score (nSPS) is 9.31. The number of hydrogen-bond acceptors (Lipinski definition) is 3. The van der Waals surface area contributed by atoms with Crippen molar-refractivity contribution in [1.82, 2.24) is 0 Å². The van der Waals surface area contributed by atoms with Crippen LogP contribution in [0.25, 0.3) is 0 Å². The Bertz CT molecular complexity index is 402. The van der Waals surface area contributed by atoms with E-state index >= 15 is 0 Å². The second-order valence-electron chi connectivity index (χ2n) is 2.83. The SMILES string of the molecule is CC(=O)c1cc(O)cc(C#N)c1C. The highest BCUT2D eigenvalue weighted by atomic mass is 16.3. The third kappa shape index (κ3) is 1.67. The van der Waals surface area contributed by atoms with Crippen LogP contribution in [0.2, 0.25) is 0 Å². The van der Waals surface area contributed by atoms with Gasteiger partial charge in [0.15, 0.2) is 5.78 Å². The van der Waals surface area contributed by atoms with Gasteiger partial charge in [-0.15, -0.1) is 0 Å². The summed E-state index contributed by atoms with van der Waals surface area (Å²) in [7, 11) is 0. The van der Waals surface area contributed by atoms with Crippen LogP contribution in [-0.4, -0.2) is 10.9 Å². The maximum Gasteiger partial charge on any atom is 0.160 e. The molecule has 0 radical (unpaired) electrons. The first-order valence-electron chi connectivity index (χ1n) is 3.81. The Morgan fingerprint density at radius 3 is 2.62 bits per heavy atom. The van der Waals surface area contributed by atoms with Gasteiger partial charge in [0.2, 0.25) is 0 Å². The average Bonchev–Trinajstić information content (AvgIpc) is 2.08. The molecule has 3 heteroatoms. The highest BCUT2D eigenvalue weighted by molar-refractivity contribution is 5.96. The van der Waals surface area contributed by atoms with Gasteiger partial charge in [0.1, 0.15) is 5.75 Å². The third-order valence-electron chi connectivity index (χ3n) is 1.89. The van der Waals surface area contributed by atoms with Gasteiger partial charge in [0.25, 0.3) is 0 Å². The van der Waals surface area contributed by atoms with Crippen molar-refractivity contribution < 1.29 is 9.90 Å². The van der Waals surface area contributed by atoms with Crippen LogP contribution in [0, 0.1) is 18.3 Å². The molecular weight excluding hydrogens is 166 g/mol. The number of phenolic OH excluding ortho intramolecular Hbond substituents is 1. The van der Waals surface area contributed by atoms with Crippen LogP contribution in [0.5, 0.6) is 5.75 Å². The van der Waals surface area contributed by atoms with Crippen LogP contribution >= 0.6 is 0 Å². The molecule has 0 spiro atoms. The molecule has 0 fully saturated rings. The van der Waals surface area contributed by atoms with Crippen LogP contribution in [0.4, 0.5) is 0 Å². The van der Waals surface area contributed by atoms with Crippen molar-refractivity contribution in [2.24, 2.45) is 0 Å². The number of carbonyl (C=O) groups is 1. The van der Waals surface area contributed by atoms with Crippen molar-refractivity contribution in [2.75, 3.05) is 0 Å². The number of benzene rings is 1. The van der Waals surface area contributed by atoms with E-state index in [2.05, 4.69) is 0 Å². The summed E-state index contributed by atoms with van der Waals surface area (Å²) in [5, 5.41) is 17.9. The third-order valence-corrected chi connectivity index (χ3v) is 1.89. The lowest BCUT2D eigenvalue weighted by molar-refractivity contribution is 0.101. The predicted octanol–water partition coefficient (Wildman–Crippen LogP) is 1.77. The first kappa shape index (κ1) is 9.27. The van der Waals surface area contributed by atoms with E-state index in [1.807, 2.05) is 6.07 Å². The van der Waals surface area contributed by atoms with E-state index in [0.29, 0.717) is 16.7 Å². The van der Waals surface area contributed by atoms with E-state index in [4.69, 9.17) is 5.26 Å². The van der Waals surface area contributed by atoms with E-state index in [1.54, 1.807) is 6.92 Å². The largest absolute Gasteiger partial charge is 0.508 e. The van der Waals surface area contributed by atoms with E-state index in [-0.39, 0.29) is 11.5 Å². The van der Waals surface area contributed by atoms with Crippen LogP contribution in [0.1, 0.15) is 28.4 Å². The maximum absolute atomic E-state index is 11.1. The Kier molecular flexibility index (Phi) is 2.34. The zero-order valence-corrected chi connectivity index (χ0v) is 7.46. The lowest BCUT2D eigenvalue weighted by Gasteiger charge is -2.04. The van der Waals surface area contributed by atoms with Crippen molar-refractivity contribution in [1.29, 1.82) is 5.26 Å². The summed E-state index contributed by atoms with van der Waals surface area (Å²) in [6.45, 7) is 3.09. The van der Waals surface area contributed by atoms with Gasteiger partial charge in [0.05, 0.1) is 11.6 Å². The summed E-state index contributed by atoms with van der Waals surface area (Å²) in [5.41, 5.74) is 1.36. The first-order chi connectivity index (χ1) is 6.06. The number of Topliss-reactive ketones (excluding diaryl/α,β-unsaturated/α-hetero) is 1. The summed E-state index contributed by atoms with van der Waals surface area (Å²) < 4.78 is 0. The lowest BCUT2D eigenvalue weighted by Crippen LogP contribution is -1.98. The molecule has 0 saturated carbocycles. The Labute approximate surface area is 76.2 Å². The fourth-order valence-electron chi connectivity index (χ4n) is 1.18. The Morgan fingerprint density at radius 1 is 1.54 bits per heavy atom. The molecule has 1 N–H and O–H groups in total. The number of carbonyl (C=O) groups excluding carboxylic acids is 1. The van der Waals surface area contributed by atoms with Gasteiger partial charge < -0.3 is 5.11 Å². The Balaban J connectivity index is 3.47. The molecule has 0 aromatic heterocycles. The smallest absolute Gasteiger partial charge is 0.160 e. The molecule has 0 aliphatic carbocycles. The molecule has 66 valence electrons. The molecule has 3 nitrogen and oxygen atoms in total. The molecular formula is C10H9NO2. The number of aromatic hydroxyl groups is 1.